The molecule has 78 valence electrons. The third-order valence-electron chi connectivity index (χ3n) is 2.92. The molecule has 1 rings (SSSR count). The molecular formula is C12H20N2. The van der Waals surface area contributed by atoms with Gasteiger partial charge in [-0.05, 0) is 32.4 Å². The van der Waals surface area contributed by atoms with Gasteiger partial charge in [0, 0.05) is 6.04 Å². The monoisotopic (exact) mass is 192 g/mol. The predicted octanol–water partition coefficient (Wildman–Crippen LogP) is 2.72. The second-order valence-electron chi connectivity index (χ2n) is 3.99. The van der Waals surface area contributed by atoms with Crippen molar-refractivity contribution in [2.24, 2.45) is 0 Å². The summed E-state index contributed by atoms with van der Waals surface area (Å²) >= 11 is 0. The van der Waals surface area contributed by atoms with Gasteiger partial charge in [0.1, 0.15) is 0 Å². The average Bonchev–Trinajstić information content (AvgIpc) is 2.45. The first kappa shape index (κ1) is 11.3. The molecule has 0 amide bonds. The molecule has 0 aromatic carbocycles. The van der Waals surface area contributed by atoms with Gasteiger partial charge in [0.15, 0.2) is 0 Å². The highest BCUT2D eigenvalue weighted by molar-refractivity contribution is 4.88. The average molecular weight is 192 g/mol. The van der Waals surface area contributed by atoms with Gasteiger partial charge in [0.05, 0.1) is 12.5 Å². The van der Waals surface area contributed by atoms with Crippen LogP contribution in [-0.4, -0.2) is 24.0 Å². The van der Waals surface area contributed by atoms with E-state index in [1.807, 2.05) is 6.08 Å². The van der Waals surface area contributed by atoms with Crippen LogP contribution in [0.15, 0.2) is 12.7 Å². The molecule has 0 aliphatic carbocycles. The summed E-state index contributed by atoms with van der Waals surface area (Å²) in [5.74, 6) is 0. The fraction of sp³-hybridized carbons (Fsp3) is 0.750. The lowest BCUT2D eigenvalue weighted by Crippen LogP contribution is -2.35. The minimum atomic E-state index is 0.413. The zero-order valence-corrected chi connectivity index (χ0v) is 8.91. The molecule has 0 aromatic rings. The van der Waals surface area contributed by atoms with Crippen LogP contribution < -0.4 is 0 Å². The maximum absolute atomic E-state index is 8.75. The first-order chi connectivity index (χ1) is 6.88. The summed E-state index contributed by atoms with van der Waals surface area (Å²) in [5.41, 5.74) is 0. The Morgan fingerprint density at radius 1 is 1.29 bits per heavy atom. The van der Waals surface area contributed by atoms with E-state index < -0.39 is 0 Å². The molecule has 1 unspecified atom stereocenters. The minimum absolute atomic E-state index is 0.413. The van der Waals surface area contributed by atoms with Crippen LogP contribution in [0.1, 0.15) is 38.5 Å². The molecule has 1 atom stereocenters. The topological polar surface area (TPSA) is 27.0 Å². The van der Waals surface area contributed by atoms with E-state index in [1.54, 1.807) is 0 Å². The molecule has 0 N–H and O–H groups in total. The number of hydrogen-bond donors (Lipinski definition) is 0. The highest BCUT2D eigenvalue weighted by Gasteiger charge is 2.17. The molecule has 0 aromatic heterocycles. The van der Waals surface area contributed by atoms with Crippen molar-refractivity contribution in [2.75, 3.05) is 13.1 Å². The zero-order valence-electron chi connectivity index (χ0n) is 8.91. The van der Waals surface area contributed by atoms with Gasteiger partial charge in [-0.15, -0.1) is 6.58 Å². The second-order valence-corrected chi connectivity index (χ2v) is 3.99. The first-order valence-corrected chi connectivity index (χ1v) is 5.60. The van der Waals surface area contributed by atoms with Gasteiger partial charge in [-0.1, -0.05) is 18.9 Å². The molecule has 1 aliphatic heterocycles. The van der Waals surface area contributed by atoms with Crippen LogP contribution in [0, 0.1) is 11.3 Å². The van der Waals surface area contributed by atoms with Crippen LogP contribution in [0.5, 0.6) is 0 Å². The lowest BCUT2D eigenvalue weighted by Gasteiger charge is -2.27. The molecule has 14 heavy (non-hydrogen) atoms. The van der Waals surface area contributed by atoms with Gasteiger partial charge in [-0.3, -0.25) is 4.90 Å². The van der Waals surface area contributed by atoms with E-state index in [9.17, 15) is 0 Å². The standard InChI is InChI=1S/C12H20N2/c1-2-7-12(8-9-13)14-10-5-3-4-6-11-14/h2,12H,1,3-8,10-11H2. The molecule has 1 heterocycles. The third kappa shape index (κ3) is 3.51. The molecular weight excluding hydrogens is 172 g/mol. The summed E-state index contributed by atoms with van der Waals surface area (Å²) in [6, 6.07) is 2.69. The Morgan fingerprint density at radius 3 is 2.43 bits per heavy atom. The number of rotatable bonds is 4. The van der Waals surface area contributed by atoms with E-state index >= 15 is 0 Å². The maximum atomic E-state index is 8.75. The Balaban J connectivity index is 2.46. The summed E-state index contributed by atoms with van der Waals surface area (Å²) in [4.78, 5) is 2.47. The van der Waals surface area contributed by atoms with E-state index in [0.717, 1.165) is 6.42 Å². The number of likely N-dealkylation sites (tertiary alicyclic amines) is 1. The fourth-order valence-corrected chi connectivity index (χ4v) is 2.12. The highest BCUT2D eigenvalue weighted by Crippen LogP contribution is 2.16. The van der Waals surface area contributed by atoms with E-state index in [1.165, 1.54) is 38.8 Å². The van der Waals surface area contributed by atoms with Crippen LogP contribution in [-0.2, 0) is 0 Å². The third-order valence-corrected chi connectivity index (χ3v) is 2.92. The normalized spacial score (nSPS) is 20.8. The molecule has 0 radical (unpaired) electrons. The van der Waals surface area contributed by atoms with Crippen molar-refractivity contribution in [3.63, 3.8) is 0 Å². The molecule has 0 bridgehead atoms. The van der Waals surface area contributed by atoms with Crippen LogP contribution in [0.4, 0.5) is 0 Å². The van der Waals surface area contributed by atoms with Crippen molar-refractivity contribution in [2.45, 2.75) is 44.6 Å². The van der Waals surface area contributed by atoms with Gasteiger partial charge in [-0.25, -0.2) is 0 Å². The van der Waals surface area contributed by atoms with Crippen molar-refractivity contribution in [1.82, 2.24) is 4.90 Å². The Kier molecular flexibility index (Phi) is 5.32. The quantitative estimate of drug-likeness (QED) is 0.640. The summed E-state index contributed by atoms with van der Waals surface area (Å²) in [7, 11) is 0. The summed E-state index contributed by atoms with van der Waals surface area (Å²) in [6.07, 6.45) is 8.82. The Morgan fingerprint density at radius 2 is 1.93 bits per heavy atom. The van der Waals surface area contributed by atoms with Crippen molar-refractivity contribution < 1.29 is 0 Å². The Hall–Kier alpha value is -0.810. The maximum Gasteiger partial charge on any atom is 0.0638 e. The lowest BCUT2D eigenvalue weighted by molar-refractivity contribution is 0.206. The Labute approximate surface area is 87.2 Å². The second kappa shape index (κ2) is 6.62. The zero-order chi connectivity index (χ0) is 10.2. The van der Waals surface area contributed by atoms with Gasteiger partial charge in [-0.2, -0.15) is 5.26 Å². The molecule has 0 spiro atoms. The van der Waals surface area contributed by atoms with Gasteiger partial charge in [0.25, 0.3) is 0 Å². The molecule has 2 nitrogen and oxygen atoms in total. The van der Waals surface area contributed by atoms with Crippen molar-refractivity contribution in [1.29, 1.82) is 5.26 Å². The number of hydrogen-bond acceptors (Lipinski definition) is 2. The van der Waals surface area contributed by atoms with E-state index in [0.29, 0.717) is 12.5 Å². The predicted molar refractivity (Wildman–Crippen MR) is 58.9 cm³/mol. The largest absolute Gasteiger partial charge is 0.299 e. The van der Waals surface area contributed by atoms with Gasteiger partial charge in [0.2, 0.25) is 0 Å². The van der Waals surface area contributed by atoms with E-state index in [-0.39, 0.29) is 0 Å². The smallest absolute Gasteiger partial charge is 0.0638 e. The van der Waals surface area contributed by atoms with E-state index in [2.05, 4.69) is 17.5 Å². The molecule has 1 fully saturated rings. The van der Waals surface area contributed by atoms with Crippen molar-refractivity contribution in [3.8, 4) is 6.07 Å². The summed E-state index contributed by atoms with van der Waals surface area (Å²) in [5, 5.41) is 8.75. The number of nitriles is 1. The summed E-state index contributed by atoms with van der Waals surface area (Å²) < 4.78 is 0. The highest BCUT2D eigenvalue weighted by atomic mass is 15.1. The lowest BCUT2D eigenvalue weighted by atomic mass is 10.1. The van der Waals surface area contributed by atoms with Gasteiger partial charge >= 0.3 is 0 Å². The minimum Gasteiger partial charge on any atom is -0.299 e. The van der Waals surface area contributed by atoms with Crippen molar-refractivity contribution in [3.05, 3.63) is 12.7 Å². The van der Waals surface area contributed by atoms with Crippen molar-refractivity contribution >= 4 is 0 Å². The van der Waals surface area contributed by atoms with Crippen LogP contribution in [0.25, 0.3) is 0 Å². The fourth-order valence-electron chi connectivity index (χ4n) is 2.12. The SMILES string of the molecule is C=CCC(CC#N)N1CCCCCC1. The molecule has 1 saturated heterocycles. The first-order valence-electron chi connectivity index (χ1n) is 5.60. The molecule has 2 heteroatoms. The van der Waals surface area contributed by atoms with E-state index in [4.69, 9.17) is 5.26 Å². The molecule has 0 saturated carbocycles. The molecule has 1 aliphatic rings. The van der Waals surface area contributed by atoms with Crippen LogP contribution >= 0.6 is 0 Å². The van der Waals surface area contributed by atoms with Crippen LogP contribution in [0.3, 0.4) is 0 Å². The van der Waals surface area contributed by atoms with Gasteiger partial charge < -0.3 is 0 Å². The number of nitrogens with zero attached hydrogens (tertiary/aromatic N) is 2. The Bertz CT molecular complexity index is 197. The van der Waals surface area contributed by atoms with Crippen LogP contribution in [0.2, 0.25) is 0 Å². The summed E-state index contributed by atoms with van der Waals surface area (Å²) in [6.45, 7) is 6.10.